The lowest BCUT2D eigenvalue weighted by atomic mass is 10.0. The maximum Gasteiger partial charge on any atom is 0.129 e. The van der Waals surface area contributed by atoms with Crippen LogP contribution in [-0.2, 0) is 0 Å². The van der Waals surface area contributed by atoms with E-state index in [1.165, 1.54) is 16.7 Å². The van der Waals surface area contributed by atoms with Crippen molar-refractivity contribution in [2.24, 2.45) is 4.99 Å². The van der Waals surface area contributed by atoms with Crippen LogP contribution in [0.5, 0.6) is 0 Å². The molecule has 0 radical (unpaired) electrons. The van der Waals surface area contributed by atoms with Crippen LogP contribution in [0.4, 0.5) is 11.4 Å². The second-order valence-electron chi connectivity index (χ2n) is 7.32. The minimum atomic E-state index is 0.642. The molecule has 29 heavy (non-hydrogen) atoms. The highest BCUT2D eigenvalue weighted by Gasteiger charge is 2.04. The minimum Gasteiger partial charge on any atom is -0.359 e. The van der Waals surface area contributed by atoms with Crippen LogP contribution in [0.1, 0.15) is 49.4 Å². The van der Waals surface area contributed by atoms with Gasteiger partial charge in [0.2, 0.25) is 0 Å². The summed E-state index contributed by atoms with van der Waals surface area (Å²) in [6.07, 6.45) is 4.69. The van der Waals surface area contributed by atoms with Gasteiger partial charge in [-0.15, -0.1) is 0 Å². The van der Waals surface area contributed by atoms with Crippen LogP contribution in [-0.4, -0.2) is 6.21 Å². The first-order valence-electron chi connectivity index (χ1n) is 9.86. The van der Waals surface area contributed by atoms with E-state index in [0.29, 0.717) is 5.56 Å². The molecular weight excluding hydrogens is 356 g/mol. The Hall–Kier alpha value is -3.32. The minimum absolute atomic E-state index is 0.642. The lowest BCUT2D eigenvalue weighted by Gasteiger charge is -2.14. The summed E-state index contributed by atoms with van der Waals surface area (Å²) in [6.45, 7) is 12.6. The van der Waals surface area contributed by atoms with Crippen molar-refractivity contribution in [3.63, 3.8) is 0 Å². The summed E-state index contributed by atoms with van der Waals surface area (Å²) < 4.78 is 0. The highest BCUT2D eigenvalue weighted by molar-refractivity contribution is 5.75. The maximum absolute atomic E-state index is 8.94. The maximum atomic E-state index is 8.94. The topological polar surface area (TPSA) is 60.2 Å². The molecule has 4 heteroatoms. The lowest BCUT2D eigenvalue weighted by Crippen LogP contribution is -2.02. The molecule has 2 rings (SSSR count). The Balaban J connectivity index is 2.15. The summed E-state index contributed by atoms with van der Waals surface area (Å²) in [6, 6.07) is 13.9. The molecule has 0 fully saturated rings. The molecule has 2 aromatic carbocycles. The third kappa shape index (κ3) is 6.36. The number of hydrogen-bond acceptors (Lipinski definition) is 4. The fourth-order valence-electron chi connectivity index (χ4n) is 3.02. The Kier molecular flexibility index (Phi) is 7.79. The van der Waals surface area contributed by atoms with Crippen LogP contribution in [0.15, 0.2) is 64.6 Å². The molecule has 150 valence electrons. The van der Waals surface area contributed by atoms with Crippen LogP contribution in [0, 0.1) is 32.1 Å². The first-order valence-corrected chi connectivity index (χ1v) is 9.86. The Morgan fingerprint density at radius 2 is 1.66 bits per heavy atom. The number of aliphatic imine (C=N–C) groups is 1. The van der Waals surface area contributed by atoms with Crippen LogP contribution in [0.2, 0.25) is 0 Å². The average Bonchev–Trinajstić information content (AvgIpc) is 2.69. The normalized spacial score (nSPS) is 12.5. The van der Waals surface area contributed by atoms with Crippen LogP contribution in [0.3, 0.4) is 0 Å². The number of hydrogen-bond donors (Lipinski definition) is 2. The summed E-state index contributed by atoms with van der Waals surface area (Å²) in [5.41, 5.74) is 8.62. The van der Waals surface area contributed by atoms with Crippen molar-refractivity contribution in [2.75, 3.05) is 10.6 Å². The van der Waals surface area contributed by atoms with Crippen molar-refractivity contribution < 1.29 is 0 Å². The Labute approximate surface area is 174 Å². The molecule has 0 aliphatic rings. The van der Waals surface area contributed by atoms with Gasteiger partial charge in [0, 0.05) is 23.3 Å². The van der Waals surface area contributed by atoms with Gasteiger partial charge >= 0.3 is 0 Å². The number of nitrogens with zero attached hydrogens (tertiary/aromatic N) is 2. The average molecular weight is 387 g/mol. The quantitative estimate of drug-likeness (QED) is 0.525. The fourth-order valence-corrected chi connectivity index (χ4v) is 3.02. The zero-order valence-corrected chi connectivity index (χ0v) is 18.2. The van der Waals surface area contributed by atoms with Crippen molar-refractivity contribution in [3.8, 4) is 6.07 Å². The largest absolute Gasteiger partial charge is 0.359 e. The zero-order chi connectivity index (χ0) is 21.4. The molecular formula is C25H30N4. The van der Waals surface area contributed by atoms with Crippen molar-refractivity contribution in [3.05, 3.63) is 81.8 Å². The molecule has 4 nitrogen and oxygen atoms in total. The highest BCUT2D eigenvalue weighted by Crippen LogP contribution is 2.23. The molecule has 0 spiro atoms. The summed E-state index contributed by atoms with van der Waals surface area (Å²) in [4.78, 5) is 4.64. The second kappa shape index (κ2) is 10.3. The summed E-state index contributed by atoms with van der Waals surface area (Å²) >= 11 is 0. The molecule has 0 saturated carbocycles. The molecule has 0 aliphatic heterocycles. The van der Waals surface area contributed by atoms with Crippen molar-refractivity contribution in [2.45, 2.75) is 48.0 Å². The van der Waals surface area contributed by atoms with Crippen LogP contribution in [0.25, 0.3) is 0 Å². The van der Waals surface area contributed by atoms with Crippen LogP contribution < -0.4 is 10.6 Å². The van der Waals surface area contributed by atoms with Gasteiger partial charge in [-0.3, -0.25) is 0 Å². The van der Waals surface area contributed by atoms with E-state index in [1.807, 2.05) is 31.3 Å². The number of nitrogens with one attached hydrogen (secondary N) is 2. The number of nitriles is 1. The zero-order valence-electron chi connectivity index (χ0n) is 18.2. The van der Waals surface area contributed by atoms with E-state index in [9.17, 15) is 0 Å². The van der Waals surface area contributed by atoms with Gasteiger partial charge < -0.3 is 10.6 Å². The Morgan fingerprint density at radius 1 is 1.03 bits per heavy atom. The van der Waals surface area contributed by atoms with Gasteiger partial charge in [0.1, 0.15) is 5.82 Å². The molecule has 0 saturated heterocycles. The first-order chi connectivity index (χ1) is 13.8. The van der Waals surface area contributed by atoms with Crippen molar-refractivity contribution in [1.29, 1.82) is 5.26 Å². The molecule has 2 aromatic rings. The van der Waals surface area contributed by atoms with Gasteiger partial charge in [-0.25, -0.2) is 4.99 Å². The molecule has 0 unspecified atom stereocenters. The Bertz CT molecular complexity index is 963. The second-order valence-corrected chi connectivity index (χ2v) is 7.32. The predicted octanol–water partition coefficient (Wildman–Crippen LogP) is 6.62. The lowest BCUT2D eigenvalue weighted by molar-refractivity contribution is 1.04. The number of allylic oxidation sites excluding steroid dienone is 3. The molecule has 0 aromatic heterocycles. The van der Waals surface area contributed by atoms with Gasteiger partial charge in [0.15, 0.2) is 0 Å². The van der Waals surface area contributed by atoms with Gasteiger partial charge in [-0.1, -0.05) is 24.6 Å². The molecule has 0 amide bonds. The third-order valence-electron chi connectivity index (χ3n) is 4.74. The molecule has 2 N–H and O–H groups in total. The van der Waals surface area contributed by atoms with Gasteiger partial charge in [-0.05, 0) is 88.1 Å². The van der Waals surface area contributed by atoms with E-state index in [2.05, 4.69) is 68.4 Å². The highest BCUT2D eigenvalue weighted by atomic mass is 15.0. The van der Waals surface area contributed by atoms with E-state index in [0.717, 1.165) is 34.9 Å². The Morgan fingerprint density at radius 3 is 2.21 bits per heavy atom. The van der Waals surface area contributed by atoms with E-state index >= 15 is 0 Å². The molecule has 0 aliphatic carbocycles. The van der Waals surface area contributed by atoms with Crippen molar-refractivity contribution >= 4 is 17.6 Å². The first kappa shape index (κ1) is 22.0. The monoisotopic (exact) mass is 386 g/mol. The molecule has 0 heterocycles. The SMILES string of the molecule is CC/C(C)=C(/N=C\C=C(/C)Nc1c(C)cc(C)cc1C)Nc1ccc(C#N)cc1. The number of rotatable bonds is 7. The summed E-state index contributed by atoms with van der Waals surface area (Å²) in [7, 11) is 0. The summed E-state index contributed by atoms with van der Waals surface area (Å²) in [5, 5.41) is 15.8. The standard InChI is InChI=1S/C25H30N4/c1-7-18(3)25(29-23-10-8-22(16-26)9-11-23)27-13-12-21(6)28-24-19(4)14-17(2)15-20(24)5/h8-15,28-29H,7H2,1-6H3/b21-12+,25-18-,27-13-. The molecule has 0 atom stereocenters. The van der Waals surface area contributed by atoms with E-state index in [-0.39, 0.29) is 0 Å². The van der Waals surface area contributed by atoms with Gasteiger partial charge in [0.05, 0.1) is 11.6 Å². The van der Waals surface area contributed by atoms with E-state index in [4.69, 9.17) is 5.26 Å². The van der Waals surface area contributed by atoms with Gasteiger partial charge in [0.25, 0.3) is 0 Å². The number of aryl methyl sites for hydroxylation is 3. The number of anilines is 2. The fraction of sp³-hybridized carbons (Fsp3) is 0.280. The molecule has 0 bridgehead atoms. The van der Waals surface area contributed by atoms with Crippen molar-refractivity contribution in [1.82, 2.24) is 0 Å². The smallest absolute Gasteiger partial charge is 0.129 e. The van der Waals surface area contributed by atoms with E-state index in [1.54, 1.807) is 12.1 Å². The van der Waals surface area contributed by atoms with E-state index < -0.39 is 0 Å². The number of benzene rings is 2. The third-order valence-corrected chi connectivity index (χ3v) is 4.74. The van der Waals surface area contributed by atoms with Gasteiger partial charge in [-0.2, -0.15) is 5.26 Å². The van der Waals surface area contributed by atoms with Crippen LogP contribution >= 0.6 is 0 Å². The predicted molar refractivity (Wildman–Crippen MR) is 124 cm³/mol. The summed E-state index contributed by atoms with van der Waals surface area (Å²) in [5.74, 6) is 0.823.